The fraction of sp³-hybridized carbons (Fsp3) is 0.111. The molecule has 4 aromatic rings. The Kier molecular flexibility index (Phi) is 4.66. The number of hydrogen-bond donors (Lipinski definition) is 1. The van der Waals surface area contributed by atoms with Crippen molar-refractivity contribution in [1.29, 1.82) is 0 Å². The topological polar surface area (TPSA) is 99.2 Å². The highest BCUT2D eigenvalue weighted by Gasteiger charge is 2.23. The predicted molar refractivity (Wildman–Crippen MR) is 99.1 cm³/mol. The molecule has 2 aromatic heterocycles. The molecule has 1 N–H and O–H groups in total. The van der Waals surface area contributed by atoms with Crippen molar-refractivity contribution >= 4 is 26.8 Å². The second-order valence-electron chi connectivity index (χ2n) is 6.12. The van der Waals surface area contributed by atoms with Crippen LogP contribution in [-0.2, 0) is 16.6 Å². The molecule has 8 nitrogen and oxygen atoms in total. The molecule has 0 spiro atoms. The van der Waals surface area contributed by atoms with E-state index in [2.05, 4.69) is 15.0 Å². The molecule has 2 aromatic carbocycles. The van der Waals surface area contributed by atoms with E-state index in [9.17, 15) is 17.2 Å². The lowest BCUT2D eigenvalue weighted by Crippen LogP contribution is -2.14. The molecule has 11 heteroatoms. The largest absolute Gasteiger partial charge is 0.496 e. The average molecular weight is 420 g/mol. The van der Waals surface area contributed by atoms with Gasteiger partial charge in [-0.05, 0) is 35.9 Å². The van der Waals surface area contributed by atoms with Crippen LogP contribution in [0, 0.1) is 11.6 Å². The molecule has 0 saturated carbocycles. The lowest BCUT2D eigenvalue weighted by Gasteiger charge is -2.09. The number of sulfonamides is 1. The Balaban J connectivity index is 1.73. The zero-order valence-electron chi connectivity index (χ0n) is 15.0. The summed E-state index contributed by atoms with van der Waals surface area (Å²) in [6.07, 6.45) is 3.43. The molecule has 0 aliphatic carbocycles. The highest BCUT2D eigenvalue weighted by molar-refractivity contribution is 7.92. The van der Waals surface area contributed by atoms with Crippen molar-refractivity contribution in [3.63, 3.8) is 0 Å². The van der Waals surface area contributed by atoms with Crippen LogP contribution in [0.25, 0.3) is 11.0 Å². The number of anilines is 1. The molecule has 0 bridgehead atoms. The Morgan fingerprint density at radius 3 is 2.59 bits per heavy atom. The minimum atomic E-state index is -4.32. The molecule has 2 heterocycles. The number of methoxy groups -OCH3 is 1. The summed E-state index contributed by atoms with van der Waals surface area (Å²) in [6, 6.07) is 7.13. The second-order valence-corrected chi connectivity index (χ2v) is 7.80. The van der Waals surface area contributed by atoms with Crippen LogP contribution in [0.4, 0.5) is 14.6 Å². The van der Waals surface area contributed by atoms with Crippen molar-refractivity contribution in [2.45, 2.75) is 11.4 Å². The van der Waals surface area contributed by atoms with E-state index in [-0.39, 0.29) is 16.8 Å². The number of aromatic nitrogens is 3. The lowest BCUT2D eigenvalue weighted by atomic mass is 10.1. The molecule has 0 amide bonds. The lowest BCUT2D eigenvalue weighted by molar-refractivity contribution is 0.418. The zero-order chi connectivity index (χ0) is 20.6. The number of hydrogen-bond acceptors (Lipinski definition) is 6. The highest BCUT2D eigenvalue weighted by atomic mass is 32.2. The van der Waals surface area contributed by atoms with Gasteiger partial charge in [-0.15, -0.1) is 0 Å². The summed E-state index contributed by atoms with van der Waals surface area (Å²) in [7, 11) is -2.90. The number of ether oxygens (including phenoxy) is 1. The normalized spacial score (nSPS) is 11.7. The Hall–Kier alpha value is -3.47. The van der Waals surface area contributed by atoms with Crippen LogP contribution in [0.3, 0.4) is 0 Å². The highest BCUT2D eigenvalue weighted by Crippen LogP contribution is 2.35. The Morgan fingerprint density at radius 2 is 1.93 bits per heavy atom. The second kappa shape index (κ2) is 7.17. The third-order valence-corrected chi connectivity index (χ3v) is 5.42. The first-order valence-electron chi connectivity index (χ1n) is 8.28. The van der Waals surface area contributed by atoms with Crippen molar-refractivity contribution in [1.82, 2.24) is 14.9 Å². The molecule has 29 heavy (non-hydrogen) atoms. The molecular weight excluding hydrogens is 406 g/mol. The van der Waals surface area contributed by atoms with Gasteiger partial charge in [0.1, 0.15) is 22.8 Å². The van der Waals surface area contributed by atoms with Gasteiger partial charge in [-0.25, -0.2) is 17.2 Å². The molecule has 0 aliphatic heterocycles. The standard InChI is InChI=1S/C18H14F2N4O4S/c1-27-15-5-11(10-24-4-2-3-21-24)6-16-17(15)18(22-28-16)23-29(25,26)14-8-12(19)7-13(20)9-14/h2-9H,10H2,1H3,(H,22,23). The summed E-state index contributed by atoms with van der Waals surface area (Å²) in [6.45, 7) is 0.434. The summed E-state index contributed by atoms with van der Waals surface area (Å²) >= 11 is 0. The number of nitrogens with zero attached hydrogens (tertiary/aromatic N) is 3. The van der Waals surface area contributed by atoms with E-state index in [0.29, 0.717) is 30.5 Å². The summed E-state index contributed by atoms with van der Waals surface area (Å²) in [5, 5.41) is 8.14. The zero-order valence-corrected chi connectivity index (χ0v) is 15.8. The van der Waals surface area contributed by atoms with Gasteiger partial charge < -0.3 is 9.26 Å². The van der Waals surface area contributed by atoms with Gasteiger partial charge in [0.2, 0.25) is 0 Å². The minimum Gasteiger partial charge on any atom is -0.496 e. The van der Waals surface area contributed by atoms with Gasteiger partial charge >= 0.3 is 0 Å². The quantitative estimate of drug-likeness (QED) is 0.514. The maximum Gasteiger partial charge on any atom is 0.263 e. The van der Waals surface area contributed by atoms with Crippen LogP contribution in [-0.4, -0.2) is 30.5 Å². The SMILES string of the molecule is COc1cc(Cn2cccn2)cc2onc(NS(=O)(=O)c3cc(F)cc(F)c3)c12. The summed E-state index contributed by atoms with van der Waals surface area (Å²) in [5.41, 5.74) is 1.06. The number of fused-ring (bicyclic) bond motifs is 1. The fourth-order valence-electron chi connectivity index (χ4n) is 2.86. The van der Waals surface area contributed by atoms with E-state index in [1.54, 1.807) is 35.3 Å². The van der Waals surface area contributed by atoms with Crippen molar-refractivity contribution in [2.24, 2.45) is 0 Å². The van der Waals surface area contributed by atoms with Crippen LogP contribution in [0.1, 0.15) is 5.56 Å². The Labute approximate surface area is 163 Å². The van der Waals surface area contributed by atoms with Crippen molar-refractivity contribution < 1.29 is 26.5 Å². The summed E-state index contributed by atoms with van der Waals surface area (Å²) < 4.78 is 66.4. The van der Waals surface area contributed by atoms with Crippen molar-refractivity contribution in [3.8, 4) is 5.75 Å². The third-order valence-electron chi connectivity index (χ3n) is 4.10. The van der Waals surface area contributed by atoms with Gasteiger partial charge in [-0.1, -0.05) is 5.16 Å². The number of halogens is 2. The Morgan fingerprint density at radius 1 is 1.17 bits per heavy atom. The Bertz CT molecular complexity index is 1270. The first-order chi connectivity index (χ1) is 13.9. The number of nitrogens with one attached hydrogen (secondary N) is 1. The number of benzene rings is 2. The van der Waals surface area contributed by atoms with Gasteiger partial charge in [0, 0.05) is 18.5 Å². The smallest absolute Gasteiger partial charge is 0.263 e. The van der Waals surface area contributed by atoms with Gasteiger partial charge in [0.05, 0.1) is 18.6 Å². The van der Waals surface area contributed by atoms with E-state index in [1.165, 1.54) is 7.11 Å². The first kappa shape index (κ1) is 18.9. The molecule has 0 radical (unpaired) electrons. The summed E-state index contributed by atoms with van der Waals surface area (Å²) in [5.74, 6) is -1.88. The van der Waals surface area contributed by atoms with Gasteiger partial charge in [-0.2, -0.15) is 5.10 Å². The molecule has 0 atom stereocenters. The van der Waals surface area contributed by atoms with E-state index in [0.717, 1.165) is 5.56 Å². The van der Waals surface area contributed by atoms with E-state index in [1.807, 2.05) is 0 Å². The molecule has 0 saturated heterocycles. The number of rotatable bonds is 6. The predicted octanol–water partition coefficient (Wildman–Crippen LogP) is 3.16. The van der Waals surface area contributed by atoms with Crippen molar-refractivity contribution in [3.05, 3.63) is 66.0 Å². The van der Waals surface area contributed by atoms with Gasteiger partial charge in [0.15, 0.2) is 11.4 Å². The molecule has 0 fully saturated rings. The monoisotopic (exact) mass is 420 g/mol. The summed E-state index contributed by atoms with van der Waals surface area (Å²) in [4.78, 5) is -0.583. The van der Waals surface area contributed by atoms with Crippen LogP contribution in [0.5, 0.6) is 5.75 Å². The molecule has 4 rings (SSSR count). The molecule has 150 valence electrons. The van der Waals surface area contributed by atoms with Gasteiger partial charge in [0.25, 0.3) is 10.0 Å². The van der Waals surface area contributed by atoms with Crippen LogP contribution in [0.15, 0.2) is 58.2 Å². The van der Waals surface area contributed by atoms with Gasteiger partial charge in [-0.3, -0.25) is 9.40 Å². The maximum absolute atomic E-state index is 13.4. The molecular formula is C18H14F2N4O4S. The van der Waals surface area contributed by atoms with Crippen LogP contribution >= 0.6 is 0 Å². The van der Waals surface area contributed by atoms with Crippen molar-refractivity contribution in [2.75, 3.05) is 11.8 Å². The molecule has 0 aliphatic rings. The molecule has 0 unspecified atom stereocenters. The third kappa shape index (κ3) is 3.76. The minimum absolute atomic E-state index is 0.160. The van der Waals surface area contributed by atoms with E-state index in [4.69, 9.17) is 9.26 Å². The fourth-order valence-corrected chi connectivity index (χ4v) is 3.91. The first-order valence-corrected chi connectivity index (χ1v) is 9.76. The maximum atomic E-state index is 13.4. The van der Waals surface area contributed by atoms with Crippen LogP contribution in [0.2, 0.25) is 0 Å². The van der Waals surface area contributed by atoms with E-state index < -0.39 is 26.6 Å². The van der Waals surface area contributed by atoms with E-state index >= 15 is 0 Å². The average Bonchev–Trinajstić information content (AvgIpc) is 3.30. The van der Waals surface area contributed by atoms with Crippen LogP contribution < -0.4 is 9.46 Å².